The maximum Gasteiger partial charge on any atom is 0.357 e. The third kappa shape index (κ3) is 3.80. The largest absolute Gasteiger partial charge is 0.464 e. The van der Waals surface area contributed by atoms with Crippen molar-refractivity contribution in [2.45, 2.75) is 13.3 Å². The van der Waals surface area contributed by atoms with Crippen molar-refractivity contribution < 1.29 is 23.9 Å². The zero-order valence-electron chi connectivity index (χ0n) is 12.7. The molecule has 0 aromatic carbocycles. The second kappa shape index (κ2) is 7.42. The molecule has 9 heteroatoms. The highest BCUT2D eigenvalue weighted by Crippen LogP contribution is 2.32. The van der Waals surface area contributed by atoms with E-state index in [1.54, 1.807) is 12.3 Å². The predicted molar refractivity (Wildman–Crippen MR) is 84.8 cm³/mol. The number of aromatic nitrogens is 2. The van der Waals surface area contributed by atoms with Crippen molar-refractivity contribution in [1.29, 1.82) is 0 Å². The van der Waals surface area contributed by atoms with Crippen LogP contribution in [0.1, 0.15) is 32.8 Å². The van der Waals surface area contributed by atoms with Crippen molar-refractivity contribution in [3.05, 3.63) is 21.6 Å². The van der Waals surface area contributed by atoms with Crippen molar-refractivity contribution in [3.8, 4) is 10.0 Å². The van der Waals surface area contributed by atoms with Gasteiger partial charge in [0.15, 0.2) is 21.4 Å². The van der Waals surface area contributed by atoms with Crippen molar-refractivity contribution in [1.82, 2.24) is 9.97 Å². The molecule has 2 heterocycles. The molecule has 0 fully saturated rings. The molecular formula is C14H14N2O5S2. The van der Waals surface area contributed by atoms with Gasteiger partial charge in [0.25, 0.3) is 0 Å². The molecule has 7 nitrogen and oxygen atoms in total. The van der Waals surface area contributed by atoms with Gasteiger partial charge in [-0.25, -0.2) is 19.6 Å². The number of ether oxygens (including phenoxy) is 2. The van der Waals surface area contributed by atoms with Gasteiger partial charge in [-0.2, -0.15) is 0 Å². The summed E-state index contributed by atoms with van der Waals surface area (Å²) in [6.07, 6.45) is 1.21. The molecule has 2 aromatic heterocycles. The molecule has 2 aromatic rings. The van der Waals surface area contributed by atoms with Crippen molar-refractivity contribution >= 4 is 40.9 Å². The van der Waals surface area contributed by atoms with Crippen LogP contribution in [0.2, 0.25) is 0 Å². The highest BCUT2D eigenvalue weighted by molar-refractivity contribution is 7.21. The quantitative estimate of drug-likeness (QED) is 0.580. The topological polar surface area (TPSA) is 95.5 Å². The second-order valence-corrected chi connectivity index (χ2v) is 6.57. The molecular weight excluding hydrogens is 340 g/mol. The normalized spacial score (nSPS) is 11.8. The summed E-state index contributed by atoms with van der Waals surface area (Å²) in [5.74, 6) is -1.34. The number of thiazole rings is 2. The molecule has 1 atom stereocenters. The number of rotatable bonds is 6. The molecule has 0 saturated heterocycles. The Hall–Kier alpha value is -2.13. The lowest BCUT2D eigenvalue weighted by atomic mass is 10.1. The number of hydrogen-bond donors (Lipinski definition) is 0. The Morgan fingerprint density at radius 3 is 2.52 bits per heavy atom. The fraction of sp³-hybridized carbons (Fsp3) is 0.357. The van der Waals surface area contributed by atoms with Crippen LogP contribution in [0, 0.1) is 5.92 Å². The van der Waals surface area contributed by atoms with E-state index in [0.29, 0.717) is 21.3 Å². The van der Waals surface area contributed by atoms with Crippen molar-refractivity contribution in [2.75, 3.05) is 14.2 Å². The number of esters is 2. The Kier molecular flexibility index (Phi) is 5.56. The summed E-state index contributed by atoms with van der Waals surface area (Å²) < 4.78 is 9.34. The van der Waals surface area contributed by atoms with E-state index >= 15 is 0 Å². The molecule has 0 N–H and O–H groups in total. The van der Waals surface area contributed by atoms with Crippen LogP contribution >= 0.6 is 22.7 Å². The SMILES string of the molecule is COC(=O)c1csc(-c2nc(C(=O)OC)c(CC(C)C=O)s2)n1. The van der Waals surface area contributed by atoms with Crippen LogP contribution in [0.3, 0.4) is 0 Å². The van der Waals surface area contributed by atoms with E-state index in [-0.39, 0.29) is 17.3 Å². The zero-order chi connectivity index (χ0) is 17.0. The lowest BCUT2D eigenvalue weighted by Gasteiger charge is -2.02. The molecule has 0 radical (unpaired) electrons. The lowest BCUT2D eigenvalue weighted by molar-refractivity contribution is -0.110. The van der Waals surface area contributed by atoms with E-state index in [0.717, 1.165) is 6.29 Å². The monoisotopic (exact) mass is 354 g/mol. The smallest absolute Gasteiger partial charge is 0.357 e. The Morgan fingerprint density at radius 2 is 1.91 bits per heavy atom. The van der Waals surface area contributed by atoms with Gasteiger partial charge in [0.2, 0.25) is 0 Å². The number of carbonyl (C=O) groups excluding carboxylic acids is 3. The van der Waals surface area contributed by atoms with E-state index in [4.69, 9.17) is 4.74 Å². The van der Waals surface area contributed by atoms with Gasteiger partial charge in [-0.1, -0.05) is 6.92 Å². The highest BCUT2D eigenvalue weighted by atomic mass is 32.1. The van der Waals surface area contributed by atoms with Gasteiger partial charge in [0.1, 0.15) is 6.29 Å². The Morgan fingerprint density at radius 1 is 1.22 bits per heavy atom. The fourth-order valence-corrected chi connectivity index (χ4v) is 3.76. The van der Waals surface area contributed by atoms with E-state index in [1.807, 2.05) is 0 Å². The average molecular weight is 354 g/mol. The Labute approximate surface area is 140 Å². The maximum atomic E-state index is 11.9. The van der Waals surface area contributed by atoms with Crippen LogP contribution in [-0.4, -0.2) is 42.4 Å². The van der Waals surface area contributed by atoms with Crippen molar-refractivity contribution in [3.63, 3.8) is 0 Å². The molecule has 122 valence electrons. The molecule has 0 amide bonds. The van der Waals surface area contributed by atoms with Crippen LogP contribution < -0.4 is 0 Å². The average Bonchev–Trinajstić information content (AvgIpc) is 3.20. The van der Waals surface area contributed by atoms with Crippen LogP contribution in [0.5, 0.6) is 0 Å². The Balaban J connectivity index is 2.39. The fourth-order valence-electron chi connectivity index (χ4n) is 1.75. The summed E-state index contributed by atoms with van der Waals surface area (Å²) in [5.41, 5.74) is 0.362. The third-order valence-corrected chi connectivity index (χ3v) is 4.96. The van der Waals surface area contributed by atoms with E-state index in [9.17, 15) is 14.4 Å². The molecule has 23 heavy (non-hydrogen) atoms. The maximum absolute atomic E-state index is 11.9. The standard InChI is InChI=1S/C14H14N2O5S2/c1-7(5-17)4-9-10(14(19)21-3)16-12(23-9)11-15-8(6-22-11)13(18)20-2/h5-7H,4H2,1-3H3. The highest BCUT2D eigenvalue weighted by Gasteiger charge is 2.23. The number of aldehydes is 1. The number of nitrogens with zero attached hydrogens (tertiary/aromatic N) is 2. The molecule has 0 spiro atoms. The first-order valence-corrected chi connectivity index (χ1v) is 8.27. The molecule has 0 aliphatic carbocycles. The summed E-state index contributed by atoms with van der Waals surface area (Å²) >= 11 is 2.48. The van der Waals surface area contributed by atoms with Gasteiger partial charge in [0, 0.05) is 16.2 Å². The van der Waals surface area contributed by atoms with Crippen LogP contribution in [-0.2, 0) is 20.7 Å². The Bertz CT molecular complexity index is 737. The summed E-state index contributed by atoms with van der Waals surface area (Å²) in [4.78, 5) is 43.2. The molecule has 0 aliphatic rings. The number of methoxy groups -OCH3 is 2. The first kappa shape index (κ1) is 17.2. The minimum Gasteiger partial charge on any atom is -0.464 e. The predicted octanol–water partition coefficient (Wildman–Crippen LogP) is 2.22. The van der Waals surface area contributed by atoms with Gasteiger partial charge < -0.3 is 14.3 Å². The third-order valence-electron chi connectivity index (χ3n) is 2.90. The minimum absolute atomic E-state index is 0.177. The summed E-state index contributed by atoms with van der Waals surface area (Å²) in [7, 11) is 2.55. The minimum atomic E-state index is -0.564. The van der Waals surface area contributed by atoms with Crippen molar-refractivity contribution in [2.24, 2.45) is 5.92 Å². The molecule has 1 unspecified atom stereocenters. The molecule has 0 aliphatic heterocycles. The van der Waals surface area contributed by atoms with Gasteiger partial charge in [-0.15, -0.1) is 22.7 Å². The van der Waals surface area contributed by atoms with E-state index < -0.39 is 11.9 Å². The second-order valence-electron chi connectivity index (χ2n) is 4.63. The first-order valence-electron chi connectivity index (χ1n) is 6.57. The molecule has 0 bridgehead atoms. The van der Waals surface area contributed by atoms with Gasteiger partial charge in [-0.3, -0.25) is 0 Å². The summed E-state index contributed by atoms with van der Waals surface area (Å²) in [6, 6.07) is 0. The van der Waals surface area contributed by atoms with Crippen LogP contribution in [0.25, 0.3) is 10.0 Å². The summed E-state index contributed by atoms with van der Waals surface area (Å²) in [5, 5.41) is 2.57. The summed E-state index contributed by atoms with van der Waals surface area (Å²) in [6.45, 7) is 1.76. The number of carbonyl (C=O) groups is 3. The molecule has 0 saturated carbocycles. The van der Waals surface area contributed by atoms with E-state index in [1.165, 1.54) is 36.9 Å². The van der Waals surface area contributed by atoms with Gasteiger partial charge >= 0.3 is 11.9 Å². The molecule has 2 rings (SSSR count). The first-order chi connectivity index (χ1) is 11.0. The van der Waals surface area contributed by atoms with Crippen LogP contribution in [0.4, 0.5) is 0 Å². The number of hydrogen-bond acceptors (Lipinski definition) is 9. The van der Waals surface area contributed by atoms with Gasteiger partial charge in [0.05, 0.1) is 14.2 Å². The lowest BCUT2D eigenvalue weighted by Crippen LogP contribution is -2.08. The zero-order valence-corrected chi connectivity index (χ0v) is 14.3. The van der Waals surface area contributed by atoms with Gasteiger partial charge in [-0.05, 0) is 6.42 Å². The van der Waals surface area contributed by atoms with Crippen LogP contribution in [0.15, 0.2) is 5.38 Å². The van der Waals surface area contributed by atoms with E-state index in [2.05, 4.69) is 14.7 Å².